The Labute approximate surface area is 173 Å². The highest BCUT2D eigenvalue weighted by Gasteiger charge is 2.34. The van der Waals surface area contributed by atoms with Gasteiger partial charge in [-0.2, -0.15) is 0 Å². The lowest BCUT2D eigenvalue weighted by Crippen LogP contribution is -2.43. The number of ether oxygens (including phenoxy) is 1. The Bertz CT molecular complexity index is 972. The fraction of sp³-hybridized carbons (Fsp3) is 0.238. The van der Waals surface area contributed by atoms with E-state index >= 15 is 0 Å². The van der Waals surface area contributed by atoms with Crippen molar-refractivity contribution < 1.29 is 19.1 Å². The molecule has 2 aromatic carbocycles. The summed E-state index contributed by atoms with van der Waals surface area (Å²) in [7, 11) is 2.95. The van der Waals surface area contributed by atoms with E-state index in [9.17, 15) is 14.4 Å². The highest BCUT2D eigenvalue weighted by Crippen LogP contribution is 2.29. The molecule has 1 atom stereocenters. The minimum absolute atomic E-state index is 0.0963. The Balaban J connectivity index is 1.76. The molecule has 0 aliphatic carbocycles. The number of methoxy groups -OCH3 is 1. The maximum Gasteiger partial charge on any atom is 0.337 e. The van der Waals surface area contributed by atoms with Gasteiger partial charge < -0.3 is 10.1 Å². The quantitative estimate of drug-likeness (QED) is 0.780. The van der Waals surface area contributed by atoms with Crippen LogP contribution in [0.3, 0.4) is 0 Å². The third kappa shape index (κ3) is 5.03. The Morgan fingerprint density at radius 1 is 1.21 bits per heavy atom. The second kappa shape index (κ2) is 8.91. The van der Waals surface area contributed by atoms with Crippen LogP contribution in [0, 0.1) is 6.92 Å². The Kier molecular flexibility index (Phi) is 6.33. The molecule has 1 aliphatic rings. The number of nitrogens with zero attached hydrogens (tertiary/aromatic N) is 2. The number of benzene rings is 2. The molecule has 150 valence electrons. The van der Waals surface area contributed by atoms with Crippen LogP contribution < -0.4 is 5.32 Å². The summed E-state index contributed by atoms with van der Waals surface area (Å²) in [5, 5.41) is 2.71. The maximum atomic E-state index is 12.7. The molecule has 7 nitrogen and oxygen atoms in total. The molecule has 3 rings (SSSR count). The number of aryl methyl sites for hydroxylation is 1. The highest BCUT2D eigenvalue weighted by molar-refractivity contribution is 8.15. The van der Waals surface area contributed by atoms with E-state index in [1.54, 1.807) is 31.3 Å². The van der Waals surface area contributed by atoms with Gasteiger partial charge in [0, 0.05) is 19.2 Å². The fourth-order valence-corrected chi connectivity index (χ4v) is 3.81. The van der Waals surface area contributed by atoms with Crippen LogP contribution in [-0.4, -0.2) is 47.3 Å². The number of amidine groups is 1. The van der Waals surface area contributed by atoms with Gasteiger partial charge in [-0.25, -0.2) is 9.79 Å². The van der Waals surface area contributed by atoms with E-state index in [0.717, 1.165) is 5.56 Å². The Morgan fingerprint density at radius 2 is 1.93 bits per heavy atom. The zero-order chi connectivity index (χ0) is 21.0. The SMILES string of the molecule is COC(=O)c1ccc(N=C2SC(C(=O)Nc3cccc(C)c3)CC(=O)N2C)cc1. The maximum absolute atomic E-state index is 12.7. The number of nitrogens with one attached hydrogen (secondary N) is 1. The molecule has 2 aromatic rings. The van der Waals surface area contributed by atoms with Crippen LogP contribution in [0.4, 0.5) is 11.4 Å². The van der Waals surface area contributed by atoms with Crippen molar-refractivity contribution in [1.29, 1.82) is 0 Å². The van der Waals surface area contributed by atoms with E-state index in [-0.39, 0.29) is 18.2 Å². The first-order valence-electron chi connectivity index (χ1n) is 8.95. The highest BCUT2D eigenvalue weighted by atomic mass is 32.2. The van der Waals surface area contributed by atoms with Crippen LogP contribution in [0.15, 0.2) is 53.5 Å². The summed E-state index contributed by atoms with van der Waals surface area (Å²) in [6.07, 6.45) is 0.0963. The average molecular weight is 411 g/mol. The molecule has 1 fully saturated rings. The van der Waals surface area contributed by atoms with E-state index < -0.39 is 11.2 Å². The van der Waals surface area contributed by atoms with Crippen LogP contribution in [0.5, 0.6) is 0 Å². The van der Waals surface area contributed by atoms with Crippen LogP contribution in [0.2, 0.25) is 0 Å². The average Bonchev–Trinajstić information content (AvgIpc) is 2.71. The van der Waals surface area contributed by atoms with Gasteiger partial charge in [-0.1, -0.05) is 23.9 Å². The Hall–Kier alpha value is -3.13. The summed E-state index contributed by atoms with van der Waals surface area (Å²) in [5.74, 6) is -0.856. The van der Waals surface area contributed by atoms with Gasteiger partial charge in [0.1, 0.15) is 5.25 Å². The minimum Gasteiger partial charge on any atom is -0.465 e. The van der Waals surface area contributed by atoms with Crippen molar-refractivity contribution in [3.8, 4) is 0 Å². The first-order chi connectivity index (χ1) is 13.9. The van der Waals surface area contributed by atoms with Crippen LogP contribution in [0.1, 0.15) is 22.3 Å². The van der Waals surface area contributed by atoms with Gasteiger partial charge in [0.2, 0.25) is 11.8 Å². The minimum atomic E-state index is -0.577. The second-order valence-electron chi connectivity index (χ2n) is 6.55. The molecule has 29 heavy (non-hydrogen) atoms. The van der Waals surface area contributed by atoms with E-state index in [4.69, 9.17) is 0 Å². The third-order valence-electron chi connectivity index (χ3n) is 4.36. The summed E-state index contributed by atoms with van der Waals surface area (Å²) in [6, 6.07) is 14.0. The number of rotatable bonds is 4. The molecule has 0 aromatic heterocycles. The summed E-state index contributed by atoms with van der Waals surface area (Å²) >= 11 is 1.24. The summed E-state index contributed by atoms with van der Waals surface area (Å²) < 4.78 is 4.68. The smallest absolute Gasteiger partial charge is 0.337 e. The van der Waals surface area contributed by atoms with E-state index in [2.05, 4.69) is 15.0 Å². The summed E-state index contributed by atoms with van der Waals surface area (Å²) in [4.78, 5) is 42.5. The molecule has 8 heteroatoms. The van der Waals surface area contributed by atoms with Gasteiger partial charge in [0.25, 0.3) is 0 Å². The van der Waals surface area contributed by atoms with Crippen molar-refractivity contribution in [1.82, 2.24) is 4.90 Å². The number of hydrogen-bond donors (Lipinski definition) is 1. The predicted molar refractivity (Wildman–Crippen MR) is 113 cm³/mol. The molecule has 1 heterocycles. The fourth-order valence-electron chi connectivity index (χ4n) is 2.74. The molecule has 2 amide bonds. The normalized spacial score (nSPS) is 17.9. The first-order valence-corrected chi connectivity index (χ1v) is 9.83. The molecule has 0 bridgehead atoms. The van der Waals surface area contributed by atoms with Gasteiger partial charge in [-0.3, -0.25) is 14.5 Å². The molecule has 0 spiro atoms. The number of thioether (sulfide) groups is 1. The van der Waals surface area contributed by atoms with Crippen LogP contribution in [0.25, 0.3) is 0 Å². The van der Waals surface area contributed by atoms with E-state index in [1.165, 1.54) is 23.8 Å². The number of esters is 1. The second-order valence-corrected chi connectivity index (χ2v) is 7.72. The number of carbonyl (C=O) groups excluding carboxylic acids is 3. The van der Waals surface area contributed by atoms with Crippen molar-refractivity contribution in [3.05, 3.63) is 59.7 Å². The molecule has 1 saturated heterocycles. The standard InChI is InChI=1S/C21H21N3O4S/c1-13-5-4-6-16(11-13)22-19(26)17-12-18(25)24(2)21(29-17)23-15-9-7-14(8-10-15)20(27)28-3/h4-11,17H,12H2,1-3H3,(H,22,26). The monoisotopic (exact) mass is 411 g/mol. The summed E-state index contributed by atoms with van der Waals surface area (Å²) in [5.41, 5.74) is 2.71. The molecular formula is C21H21N3O4S. The van der Waals surface area contributed by atoms with Crippen molar-refractivity contribution in [2.75, 3.05) is 19.5 Å². The molecule has 0 radical (unpaired) electrons. The topological polar surface area (TPSA) is 88.1 Å². The Morgan fingerprint density at radius 3 is 2.59 bits per heavy atom. The largest absolute Gasteiger partial charge is 0.465 e. The van der Waals surface area contributed by atoms with Crippen LogP contribution in [-0.2, 0) is 14.3 Å². The van der Waals surface area contributed by atoms with Crippen molar-refractivity contribution in [2.45, 2.75) is 18.6 Å². The van der Waals surface area contributed by atoms with Gasteiger partial charge >= 0.3 is 5.97 Å². The zero-order valence-electron chi connectivity index (χ0n) is 16.3. The molecule has 0 saturated carbocycles. The molecule has 1 unspecified atom stereocenters. The molecule has 1 N–H and O–H groups in total. The van der Waals surface area contributed by atoms with Gasteiger partial charge in [-0.05, 0) is 48.9 Å². The zero-order valence-corrected chi connectivity index (χ0v) is 17.2. The lowest BCUT2D eigenvalue weighted by molar-refractivity contribution is -0.128. The number of anilines is 1. The van der Waals surface area contributed by atoms with E-state index in [0.29, 0.717) is 22.1 Å². The predicted octanol–water partition coefficient (Wildman–Crippen LogP) is 3.37. The number of aliphatic imine (C=N–C) groups is 1. The number of hydrogen-bond acceptors (Lipinski definition) is 6. The molecular weight excluding hydrogens is 390 g/mol. The number of carbonyl (C=O) groups is 3. The third-order valence-corrected chi connectivity index (χ3v) is 5.60. The van der Waals surface area contributed by atoms with Crippen molar-refractivity contribution in [3.63, 3.8) is 0 Å². The lowest BCUT2D eigenvalue weighted by atomic mass is 10.2. The van der Waals surface area contributed by atoms with Crippen molar-refractivity contribution >= 4 is 46.1 Å². The van der Waals surface area contributed by atoms with Gasteiger partial charge in [0.15, 0.2) is 5.17 Å². The van der Waals surface area contributed by atoms with Crippen molar-refractivity contribution in [2.24, 2.45) is 4.99 Å². The summed E-state index contributed by atoms with van der Waals surface area (Å²) in [6.45, 7) is 1.94. The molecule has 1 aliphatic heterocycles. The first kappa shape index (κ1) is 20.6. The lowest BCUT2D eigenvalue weighted by Gasteiger charge is -2.28. The van der Waals surface area contributed by atoms with Crippen LogP contribution >= 0.6 is 11.8 Å². The van der Waals surface area contributed by atoms with Gasteiger partial charge in [0.05, 0.1) is 18.4 Å². The van der Waals surface area contributed by atoms with Gasteiger partial charge in [-0.15, -0.1) is 0 Å². The van der Waals surface area contributed by atoms with E-state index in [1.807, 2.05) is 31.2 Å². The number of amides is 2.